The van der Waals surface area contributed by atoms with Crippen LogP contribution in [-0.4, -0.2) is 6.04 Å². The molecule has 0 spiro atoms. The maximum Gasteiger partial charge on any atom is 0.107 e. The van der Waals surface area contributed by atoms with E-state index in [2.05, 4.69) is 13.0 Å². The van der Waals surface area contributed by atoms with Crippen LogP contribution in [-0.2, 0) is 0 Å². The minimum absolute atomic E-state index is 0.306. The third-order valence-corrected chi connectivity index (χ3v) is 2.64. The number of hydrogen-bond acceptors (Lipinski definition) is 2. The van der Waals surface area contributed by atoms with Crippen molar-refractivity contribution >= 4 is 0 Å². The monoisotopic (exact) mass is 165 g/mol. The van der Waals surface area contributed by atoms with Gasteiger partial charge in [0, 0.05) is 12.0 Å². The summed E-state index contributed by atoms with van der Waals surface area (Å²) in [5.74, 6) is 3.37. The first-order chi connectivity index (χ1) is 5.68. The molecular weight excluding hydrogens is 150 g/mol. The molecule has 1 aromatic rings. The molecule has 2 nitrogen and oxygen atoms in total. The van der Waals surface area contributed by atoms with E-state index in [4.69, 9.17) is 10.2 Å². The highest BCUT2D eigenvalue weighted by atomic mass is 16.3. The lowest BCUT2D eigenvalue weighted by Crippen LogP contribution is -2.17. The molecule has 2 heteroatoms. The summed E-state index contributed by atoms with van der Waals surface area (Å²) in [7, 11) is 0. The average Bonchev–Trinajstić information content (AvgIpc) is 2.70. The van der Waals surface area contributed by atoms with Crippen LogP contribution in [0.3, 0.4) is 0 Å². The molecule has 1 saturated carbocycles. The van der Waals surface area contributed by atoms with Crippen LogP contribution in [0.1, 0.15) is 30.8 Å². The van der Waals surface area contributed by atoms with Crippen molar-refractivity contribution in [2.75, 3.05) is 0 Å². The second-order valence-corrected chi connectivity index (χ2v) is 3.81. The number of nitrogens with two attached hydrogens (primary N) is 1. The van der Waals surface area contributed by atoms with Crippen LogP contribution in [0, 0.1) is 12.8 Å². The zero-order valence-corrected chi connectivity index (χ0v) is 7.58. The summed E-state index contributed by atoms with van der Waals surface area (Å²) in [6.45, 7) is 4.05. The third kappa shape index (κ3) is 1.27. The molecule has 1 aromatic heterocycles. The van der Waals surface area contributed by atoms with Crippen molar-refractivity contribution in [3.63, 3.8) is 0 Å². The Morgan fingerprint density at radius 3 is 2.75 bits per heavy atom. The van der Waals surface area contributed by atoms with Gasteiger partial charge >= 0.3 is 0 Å². The first kappa shape index (κ1) is 7.87. The highest BCUT2D eigenvalue weighted by Crippen LogP contribution is 2.49. The number of hydrogen-bond donors (Lipinski definition) is 1. The molecule has 2 N–H and O–H groups in total. The topological polar surface area (TPSA) is 39.2 Å². The molecule has 1 fully saturated rings. The summed E-state index contributed by atoms with van der Waals surface area (Å²) in [6, 6.07) is 4.40. The van der Waals surface area contributed by atoms with E-state index in [1.807, 2.05) is 13.0 Å². The van der Waals surface area contributed by atoms with E-state index in [0.29, 0.717) is 17.9 Å². The molecule has 12 heavy (non-hydrogen) atoms. The lowest BCUT2D eigenvalue weighted by atomic mass is 10.1. The Bertz CT molecular complexity index is 277. The first-order valence-electron chi connectivity index (χ1n) is 4.50. The molecule has 1 aliphatic carbocycles. The Balaban J connectivity index is 2.05. The van der Waals surface area contributed by atoms with Gasteiger partial charge in [0.15, 0.2) is 0 Å². The Morgan fingerprint density at radius 2 is 2.33 bits per heavy atom. The van der Waals surface area contributed by atoms with Crippen LogP contribution >= 0.6 is 0 Å². The van der Waals surface area contributed by atoms with Crippen LogP contribution in [0.4, 0.5) is 0 Å². The number of rotatable bonds is 2. The molecule has 1 aliphatic rings. The SMILES string of the molecule is Cc1ccc(C2CC2C(C)N)o1. The van der Waals surface area contributed by atoms with Gasteiger partial charge in [0.05, 0.1) is 0 Å². The molecule has 0 amide bonds. The van der Waals surface area contributed by atoms with Gasteiger partial charge in [-0.2, -0.15) is 0 Å². The van der Waals surface area contributed by atoms with E-state index in [-0.39, 0.29) is 0 Å². The van der Waals surface area contributed by atoms with Gasteiger partial charge in [-0.3, -0.25) is 0 Å². The Hall–Kier alpha value is -0.760. The standard InChI is InChI=1S/C10H15NO/c1-6-3-4-10(12-6)9-5-8(9)7(2)11/h3-4,7-9H,5,11H2,1-2H3. The molecular formula is C10H15NO. The molecule has 1 heterocycles. The van der Waals surface area contributed by atoms with E-state index >= 15 is 0 Å². The number of aryl methyl sites for hydroxylation is 1. The molecule has 0 aromatic carbocycles. The maximum atomic E-state index is 5.79. The largest absolute Gasteiger partial charge is 0.466 e. The van der Waals surface area contributed by atoms with Crippen LogP contribution in [0.2, 0.25) is 0 Å². The Labute approximate surface area is 72.7 Å². The average molecular weight is 165 g/mol. The Kier molecular flexibility index (Phi) is 1.72. The van der Waals surface area contributed by atoms with Crippen molar-refractivity contribution in [2.24, 2.45) is 11.7 Å². The van der Waals surface area contributed by atoms with Crippen LogP contribution in [0.15, 0.2) is 16.5 Å². The van der Waals surface area contributed by atoms with Crippen molar-refractivity contribution in [1.82, 2.24) is 0 Å². The lowest BCUT2D eigenvalue weighted by Gasteiger charge is -2.00. The minimum atomic E-state index is 0.306. The van der Waals surface area contributed by atoms with Crippen LogP contribution < -0.4 is 5.73 Å². The van der Waals surface area contributed by atoms with Crippen molar-refractivity contribution in [3.8, 4) is 0 Å². The molecule has 3 unspecified atom stereocenters. The van der Waals surface area contributed by atoms with Crippen molar-refractivity contribution in [1.29, 1.82) is 0 Å². The van der Waals surface area contributed by atoms with Crippen LogP contribution in [0.25, 0.3) is 0 Å². The molecule has 3 atom stereocenters. The van der Waals surface area contributed by atoms with Gasteiger partial charge in [0.1, 0.15) is 11.5 Å². The van der Waals surface area contributed by atoms with Crippen molar-refractivity contribution in [3.05, 3.63) is 23.7 Å². The lowest BCUT2D eigenvalue weighted by molar-refractivity contribution is 0.471. The Morgan fingerprint density at radius 1 is 1.58 bits per heavy atom. The summed E-state index contributed by atoms with van der Waals surface area (Å²) < 4.78 is 5.53. The molecule has 66 valence electrons. The van der Waals surface area contributed by atoms with E-state index in [9.17, 15) is 0 Å². The second kappa shape index (κ2) is 2.63. The normalized spacial score (nSPS) is 30.2. The minimum Gasteiger partial charge on any atom is -0.466 e. The van der Waals surface area contributed by atoms with Gasteiger partial charge < -0.3 is 10.2 Å². The van der Waals surface area contributed by atoms with Gasteiger partial charge in [0.2, 0.25) is 0 Å². The van der Waals surface area contributed by atoms with E-state index in [0.717, 1.165) is 11.5 Å². The van der Waals surface area contributed by atoms with E-state index in [1.54, 1.807) is 0 Å². The van der Waals surface area contributed by atoms with Crippen LogP contribution in [0.5, 0.6) is 0 Å². The summed E-state index contributed by atoms with van der Waals surface area (Å²) in [6.07, 6.45) is 1.20. The predicted octanol–water partition coefficient (Wildman–Crippen LogP) is 2.04. The summed E-state index contributed by atoms with van der Waals surface area (Å²) >= 11 is 0. The zero-order chi connectivity index (χ0) is 8.72. The smallest absolute Gasteiger partial charge is 0.107 e. The second-order valence-electron chi connectivity index (χ2n) is 3.81. The number of furan rings is 1. The van der Waals surface area contributed by atoms with Gasteiger partial charge in [-0.1, -0.05) is 0 Å². The molecule has 2 rings (SSSR count). The molecule has 0 saturated heterocycles. The third-order valence-electron chi connectivity index (χ3n) is 2.64. The highest BCUT2D eigenvalue weighted by Gasteiger charge is 2.42. The first-order valence-corrected chi connectivity index (χ1v) is 4.50. The highest BCUT2D eigenvalue weighted by molar-refractivity contribution is 5.18. The summed E-state index contributed by atoms with van der Waals surface area (Å²) in [4.78, 5) is 0. The molecule has 0 aliphatic heterocycles. The van der Waals surface area contributed by atoms with Gasteiger partial charge in [-0.05, 0) is 38.3 Å². The molecule has 0 radical (unpaired) electrons. The summed E-state index contributed by atoms with van der Waals surface area (Å²) in [5, 5.41) is 0. The van der Waals surface area contributed by atoms with Gasteiger partial charge in [0.25, 0.3) is 0 Å². The fourth-order valence-electron chi connectivity index (χ4n) is 1.78. The van der Waals surface area contributed by atoms with Crippen molar-refractivity contribution in [2.45, 2.75) is 32.2 Å². The summed E-state index contributed by atoms with van der Waals surface area (Å²) in [5.41, 5.74) is 5.79. The fourth-order valence-corrected chi connectivity index (χ4v) is 1.78. The predicted molar refractivity (Wildman–Crippen MR) is 47.9 cm³/mol. The van der Waals surface area contributed by atoms with Gasteiger partial charge in [-0.25, -0.2) is 0 Å². The van der Waals surface area contributed by atoms with Crippen molar-refractivity contribution < 1.29 is 4.42 Å². The van der Waals surface area contributed by atoms with E-state index in [1.165, 1.54) is 6.42 Å². The quantitative estimate of drug-likeness (QED) is 0.728. The maximum absolute atomic E-state index is 5.79. The fraction of sp³-hybridized carbons (Fsp3) is 0.600. The molecule has 0 bridgehead atoms. The van der Waals surface area contributed by atoms with E-state index < -0.39 is 0 Å². The zero-order valence-electron chi connectivity index (χ0n) is 7.58. The van der Waals surface area contributed by atoms with Gasteiger partial charge in [-0.15, -0.1) is 0 Å².